The highest BCUT2D eigenvalue weighted by Gasteiger charge is 2.25. The number of nitrogens with one attached hydrogen (secondary N) is 2. The minimum Gasteiger partial charge on any atom is -0.352 e. The quantitative estimate of drug-likeness (QED) is 0.791. The first-order valence-electron chi connectivity index (χ1n) is 7.31. The molecule has 2 rings (SSSR count). The molecule has 1 amide bonds. The topological polar surface area (TPSA) is 41.1 Å². The van der Waals surface area contributed by atoms with Crippen LogP contribution in [-0.2, 0) is 4.79 Å². The smallest absolute Gasteiger partial charge is 0.237 e. The highest BCUT2D eigenvalue weighted by atomic mass is 16.2. The predicted octanol–water partition coefficient (Wildman–Crippen LogP) is 2.21. The maximum Gasteiger partial charge on any atom is 0.237 e. The first-order chi connectivity index (χ1) is 8.27. The van der Waals surface area contributed by atoms with Crippen molar-refractivity contribution in [3.05, 3.63) is 0 Å². The minimum atomic E-state index is 0.0646. The van der Waals surface area contributed by atoms with Crippen LogP contribution in [-0.4, -0.2) is 24.5 Å². The van der Waals surface area contributed by atoms with Crippen molar-refractivity contribution in [2.75, 3.05) is 6.54 Å². The highest BCUT2D eigenvalue weighted by molar-refractivity contribution is 5.82. The molecule has 3 heteroatoms. The van der Waals surface area contributed by atoms with Crippen molar-refractivity contribution >= 4 is 5.91 Å². The fourth-order valence-electron chi connectivity index (χ4n) is 3.15. The van der Waals surface area contributed by atoms with E-state index in [4.69, 9.17) is 0 Å². The van der Waals surface area contributed by atoms with Gasteiger partial charge >= 0.3 is 0 Å². The summed E-state index contributed by atoms with van der Waals surface area (Å²) in [6.45, 7) is 3.17. The lowest BCUT2D eigenvalue weighted by molar-refractivity contribution is -0.124. The number of amides is 1. The Hall–Kier alpha value is -0.570. The van der Waals surface area contributed by atoms with E-state index in [-0.39, 0.29) is 11.9 Å². The van der Waals surface area contributed by atoms with E-state index >= 15 is 0 Å². The van der Waals surface area contributed by atoms with E-state index in [0.29, 0.717) is 12.0 Å². The Morgan fingerprint density at radius 3 is 2.47 bits per heavy atom. The van der Waals surface area contributed by atoms with E-state index < -0.39 is 0 Å². The lowest BCUT2D eigenvalue weighted by Gasteiger charge is -2.30. The maximum absolute atomic E-state index is 12.1. The summed E-state index contributed by atoms with van der Waals surface area (Å²) < 4.78 is 0. The molecule has 1 saturated carbocycles. The predicted molar refractivity (Wildman–Crippen MR) is 69.8 cm³/mol. The van der Waals surface area contributed by atoms with Gasteiger partial charge in [0.15, 0.2) is 0 Å². The van der Waals surface area contributed by atoms with E-state index in [1.807, 2.05) is 0 Å². The average molecular weight is 238 g/mol. The summed E-state index contributed by atoms with van der Waals surface area (Å²) in [6.07, 6.45) is 10.0. The second-order valence-electron chi connectivity index (χ2n) is 5.70. The third-order valence-electron chi connectivity index (χ3n) is 4.35. The molecule has 2 atom stereocenters. The Bertz CT molecular complexity index is 243. The number of carbonyl (C=O) groups is 1. The standard InChI is InChI=1S/C14H26N2O/c1-11(12-7-3-2-4-8-12)16-14(17)13-9-5-6-10-15-13/h11-13,15H,2-10H2,1H3,(H,16,17)/t11-,13+/m0/s1. The Balaban J connectivity index is 1.76. The van der Waals surface area contributed by atoms with Gasteiger partial charge in [-0.25, -0.2) is 0 Å². The summed E-state index contributed by atoms with van der Waals surface area (Å²) in [5, 5.41) is 6.53. The highest BCUT2D eigenvalue weighted by Crippen LogP contribution is 2.26. The van der Waals surface area contributed by atoms with Gasteiger partial charge in [-0.3, -0.25) is 4.79 Å². The van der Waals surface area contributed by atoms with Crippen LogP contribution in [0.15, 0.2) is 0 Å². The second-order valence-corrected chi connectivity index (χ2v) is 5.70. The van der Waals surface area contributed by atoms with Crippen molar-refractivity contribution in [2.24, 2.45) is 5.92 Å². The SMILES string of the molecule is C[C@H](NC(=O)[C@H]1CCCCN1)C1CCCCC1. The number of hydrogen-bond donors (Lipinski definition) is 2. The second kappa shape index (κ2) is 6.39. The van der Waals surface area contributed by atoms with Gasteiger partial charge in [-0.1, -0.05) is 25.7 Å². The van der Waals surface area contributed by atoms with Gasteiger partial charge in [0, 0.05) is 6.04 Å². The average Bonchev–Trinajstić information content (AvgIpc) is 2.40. The molecule has 1 aliphatic heterocycles. The lowest BCUT2D eigenvalue weighted by atomic mass is 9.84. The summed E-state index contributed by atoms with van der Waals surface area (Å²) in [5.41, 5.74) is 0. The van der Waals surface area contributed by atoms with Gasteiger partial charge < -0.3 is 10.6 Å². The van der Waals surface area contributed by atoms with Gasteiger partial charge in [0.2, 0.25) is 5.91 Å². The Morgan fingerprint density at radius 1 is 1.12 bits per heavy atom. The molecule has 2 fully saturated rings. The monoisotopic (exact) mass is 238 g/mol. The molecule has 0 radical (unpaired) electrons. The molecular weight excluding hydrogens is 212 g/mol. The van der Waals surface area contributed by atoms with E-state index in [1.165, 1.54) is 44.9 Å². The number of hydrogen-bond acceptors (Lipinski definition) is 2. The van der Waals surface area contributed by atoms with E-state index in [9.17, 15) is 4.79 Å². The van der Waals surface area contributed by atoms with Crippen molar-refractivity contribution < 1.29 is 4.79 Å². The molecule has 1 aliphatic carbocycles. The van der Waals surface area contributed by atoms with Crippen LogP contribution in [0.2, 0.25) is 0 Å². The van der Waals surface area contributed by atoms with Gasteiger partial charge in [0.05, 0.1) is 6.04 Å². The molecular formula is C14H26N2O. The van der Waals surface area contributed by atoms with Gasteiger partial charge in [-0.2, -0.15) is 0 Å². The van der Waals surface area contributed by atoms with Crippen molar-refractivity contribution in [3.8, 4) is 0 Å². The van der Waals surface area contributed by atoms with Crippen LogP contribution in [0, 0.1) is 5.92 Å². The molecule has 98 valence electrons. The van der Waals surface area contributed by atoms with Gasteiger partial charge in [0.1, 0.15) is 0 Å². The number of rotatable bonds is 3. The van der Waals surface area contributed by atoms with E-state index in [1.54, 1.807) is 0 Å². The van der Waals surface area contributed by atoms with Crippen molar-refractivity contribution in [2.45, 2.75) is 70.4 Å². The van der Waals surface area contributed by atoms with Crippen molar-refractivity contribution in [3.63, 3.8) is 0 Å². The van der Waals surface area contributed by atoms with Crippen LogP contribution in [0.25, 0.3) is 0 Å². The first-order valence-corrected chi connectivity index (χ1v) is 7.31. The molecule has 2 aliphatic rings. The summed E-state index contributed by atoms with van der Waals surface area (Å²) in [5.74, 6) is 0.930. The van der Waals surface area contributed by atoms with Crippen LogP contribution in [0.4, 0.5) is 0 Å². The normalized spacial score (nSPS) is 28.6. The lowest BCUT2D eigenvalue weighted by Crippen LogP contribution is -2.50. The van der Waals surface area contributed by atoms with Crippen LogP contribution < -0.4 is 10.6 Å². The maximum atomic E-state index is 12.1. The third-order valence-corrected chi connectivity index (χ3v) is 4.35. The fourth-order valence-corrected chi connectivity index (χ4v) is 3.15. The van der Waals surface area contributed by atoms with Crippen LogP contribution in [0.5, 0.6) is 0 Å². The van der Waals surface area contributed by atoms with Gasteiger partial charge in [-0.15, -0.1) is 0 Å². The van der Waals surface area contributed by atoms with Crippen LogP contribution in [0.3, 0.4) is 0 Å². The van der Waals surface area contributed by atoms with E-state index in [0.717, 1.165) is 13.0 Å². The molecule has 1 heterocycles. The molecule has 17 heavy (non-hydrogen) atoms. The van der Waals surface area contributed by atoms with Crippen LogP contribution >= 0.6 is 0 Å². The van der Waals surface area contributed by atoms with Gasteiger partial charge in [0.25, 0.3) is 0 Å². The zero-order chi connectivity index (χ0) is 12.1. The van der Waals surface area contributed by atoms with Crippen LogP contribution in [0.1, 0.15) is 58.3 Å². The molecule has 0 aromatic heterocycles. The zero-order valence-corrected chi connectivity index (χ0v) is 11.0. The summed E-state index contributed by atoms with van der Waals surface area (Å²) in [6, 6.07) is 0.418. The fraction of sp³-hybridized carbons (Fsp3) is 0.929. The zero-order valence-electron chi connectivity index (χ0n) is 11.0. The molecule has 1 saturated heterocycles. The van der Waals surface area contributed by atoms with Gasteiger partial charge in [-0.05, 0) is 45.1 Å². The van der Waals surface area contributed by atoms with E-state index in [2.05, 4.69) is 17.6 Å². The third kappa shape index (κ3) is 3.70. The molecule has 0 aromatic carbocycles. The molecule has 0 spiro atoms. The van der Waals surface area contributed by atoms with Crippen molar-refractivity contribution in [1.29, 1.82) is 0 Å². The molecule has 3 nitrogen and oxygen atoms in total. The number of carbonyl (C=O) groups excluding carboxylic acids is 1. The number of piperidine rings is 1. The summed E-state index contributed by atoms with van der Waals surface area (Å²) >= 11 is 0. The summed E-state index contributed by atoms with van der Waals surface area (Å²) in [7, 11) is 0. The molecule has 2 N–H and O–H groups in total. The Labute approximate surface area is 105 Å². The summed E-state index contributed by atoms with van der Waals surface area (Å²) in [4.78, 5) is 12.1. The molecule has 0 aromatic rings. The Kier molecular flexibility index (Phi) is 4.84. The largest absolute Gasteiger partial charge is 0.352 e. The first kappa shape index (κ1) is 12.9. The Morgan fingerprint density at radius 2 is 1.82 bits per heavy atom. The molecule has 0 unspecified atom stereocenters. The minimum absolute atomic E-state index is 0.0646. The van der Waals surface area contributed by atoms with Crippen molar-refractivity contribution in [1.82, 2.24) is 10.6 Å². The molecule has 0 bridgehead atoms.